The lowest BCUT2D eigenvalue weighted by molar-refractivity contribution is 0.244. The summed E-state index contributed by atoms with van der Waals surface area (Å²) in [5.74, 6) is 0.631. The van der Waals surface area contributed by atoms with Gasteiger partial charge in [0.25, 0.3) is 0 Å². The standard InChI is InChI=1S/C15H20FIN2/c16-11-8-15(13(18)9-12(11)17)19-7-3-5-10-4-1-2-6-14(10)19/h8-10,14H,1-7,18H2. The van der Waals surface area contributed by atoms with E-state index in [-0.39, 0.29) is 5.82 Å². The van der Waals surface area contributed by atoms with Gasteiger partial charge in [-0.1, -0.05) is 12.8 Å². The van der Waals surface area contributed by atoms with Gasteiger partial charge in [0.1, 0.15) is 5.82 Å². The zero-order valence-corrected chi connectivity index (χ0v) is 13.2. The Kier molecular flexibility index (Phi) is 3.87. The predicted molar refractivity (Wildman–Crippen MR) is 85.9 cm³/mol. The molecule has 104 valence electrons. The van der Waals surface area contributed by atoms with Crippen molar-refractivity contribution in [1.82, 2.24) is 0 Å². The molecule has 2 aliphatic rings. The third-order valence-corrected chi connectivity index (χ3v) is 5.45. The van der Waals surface area contributed by atoms with E-state index in [1.54, 1.807) is 12.1 Å². The molecule has 0 radical (unpaired) electrons. The molecule has 0 amide bonds. The molecule has 4 heteroatoms. The minimum Gasteiger partial charge on any atom is -0.397 e. The molecule has 2 nitrogen and oxygen atoms in total. The molecule has 0 aromatic heterocycles. The summed E-state index contributed by atoms with van der Waals surface area (Å²) in [5, 5.41) is 0. The Morgan fingerprint density at radius 1 is 1.16 bits per heavy atom. The molecule has 0 spiro atoms. The molecule has 0 bridgehead atoms. The molecule has 1 aromatic rings. The van der Waals surface area contributed by atoms with Crippen LogP contribution in [0.2, 0.25) is 0 Å². The van der Waals surface area contributed by atoms with Crippen molar-refractivity contribution in [2.24, 2.45) is 5.92 Å². The van der Waals surface area contributed by atoms with Gasteiger partial charge in [0, 0.05) is 18.7 Å². The predicted octanol–water partition coefficient (Wildman–Crippen LogP) is 4.17. The highest BCUT2D eigenvalue weighted by atomic mass is 127. The average Bonchev–Trinajstić information content (AvgIpc) is 2.42. The van der Waals surface area contributed by atoms with Gasteiger partial charge in [-0.25, -0.2) is 4.39 Å². The number of halogens is 2. The maximum atomic E-state index is 13.8. The van der Waals surface area contributed by atoms with E-state index in [0.717, 1.165) is 23.8 Å². The molecule has 1 saturated heterocycles. The zero-order valence-electron chi connectivity index (χ0n) is 11.0. The number of benzene rings is 1. The first-order valence-corrected chi connectivity index (χ1v) is 8.26. The van der Waals surface area contributed by atoms with E-state index in [4.69, 9.17) is 5.73 Å². The summed E-state index contributed by atoms with van der Waals surface area (Å²) < 4.78 is 14.5. The van der Waals surface area contributed by atoms with Crippen LogP contribution in [0, 0.1) is 15.3 Å². The smallest absolute Gasteiger partial charge is 0.138 e. The largest absolute Gasteiger partial charge is 0.397 e. The molecule has 1 aliphatic heterocycles. The number of nitrogens with zero attached hydrogens (tertiary/aromatic N) is 1. The van der Waals surface area contributed by atoms with Crippen molar-refractivity contribution in [2.45, 2.75) is 44.6 Å². The quantitative estimate of drug-likeness (QED) is 0.591. The molecular weight excluding hydrogens is 354 g/mol. The van der Waals surface area contributed by atoms with Gasteiger partial charge in [-0.2, -0.15) is 0 Å². The average molecular weight is 374 g/mol. The maximum Gasteiger partial charge on any atom is 0.138 e. The summed E-state index contributed by atoms with van der Waals surface area (Å²) in [6.07, 6.45) is 7.74. The maximum absolute atomic E-state index is 13.8. The first-order valence-electron chi connectivity index (χ1n) is 7.18. The molecule has 19 heavy (non-hydrogen) atoms. The summed E-state index contributed by atoms with van der Waals surface area (Å²) in [6.45, 7) is 1.02. The fourth-order valence-corrected chi connectivity index (χ4v) is 4.22. The fourth-order valence-electron chi connectivity index (χ4n) is 3.72. The highest BCUT2D eigenvalue weighted by Gasteiger charge is 2.34. The first kappa shape index (κ1) is 13.5. The number of hydrogen-bond donors (Lipinski definition) is 1. The van der Waals surface area contributed by atoms with Gasteiger partial charge in [-0.15, -0.1) is 0 Å². The number of fused-ring (bicyclic) bond motifs is 1. The number of nitrogen functional groups attached to an aromatic ring is 1. The van der Waals surface area contributed by atoms with E-state index < -0.39 is 0 Å². The van der Waals surface area contributed by atoms with E-state index in [9.17, 15) is 4.39 Å². The minimum absolute atomic E-state index is 0.150. The second-order valence-corrected chi connectivity index (χ2v) is 6.93. The molecule has 2 N–H and O–H groups in total. The Hall–Kier alpha value is -0.520. The summed E-state index contributed by atoms with van der Waals surface area (Å²) in [7, 11) is 0. The SMILES string of the molecule is Nc1cc(I)c(F)cc1N1CCCC2CCCCC21. The Morgan fingerprint density at radius 3 is 2.74 bits per heavy atom. The Bertz CT molecular complexity index is 475. The van der Waals surface area contributed by atoms with E-state index in [1.807, 2.05) is 22.6 Å². The van der Waals surface area contributed by atoms with Crippen LogP contribution < -0.4 is 10.6 Å². The van der Waals surface area contributed by atoms with Crippen LogP contribution >= 0.6 is 22.6 Å². The van der Waals surface area contributed by atoms with Crippen molar-refractivity contribution in [3.05, 3.63) is 21.5 Å². The van der Waals surface area contributed by atoms with Gasteiger partial charge in [0.2, 0.25) is 0 Å². The van der Waals surface area contributed by atoms with Crippen LogP contribution in [0.25, 0.3) is 0 Å². The lowest BCUT2D eigenvalue weighted by Gasteiger charge is -2.45. The molecule has 2 fully saturated rings. The van der Waals surface area contributed by atoms with E-state index in [1.165, 1.54) is 38.5 Å². The lowest BCUT2D eigenvalue weighted by atomic mass is 9.78. The number of hydrogen-bond acceptors (Lipinski definition) is 2. The molecule has 1 aliphatic carbocycles. The van der Waals surface area contributed by atoms with Crippen LogP contribution in [0.4, 0.5) is 15.8 Å². The Labute approximate surface area is 127 Å². The molecule has 1 heterocycles. The van der Waals surface area contributed by atoms with Crippen molar-refractivity contribution in [2.75, 3.05) is 17.2 Å². The Balaban J connectivity index is 1.93. The number of nitrogens with two attached hydrogens (primary N) is 1. The van der Waals surface area contributed by atoms with Crippen LogP contribution in [-0.2, 0) is 0 Å². The fraction of sp³-hybridized carbons (Fsp3) is 0.600. The van der Waals surface area contributed by atoms with E-state index in [2.05, 4.69) is 4.90 Å². The van der Waals surface area contributed by atoms with Gasteiger partial charge in [0.05, 0.1) is 14.9 Å². The van der Waals surface area contributed by atoms with Gasteiger partial charge >= 0.3 is 0 Å². The molecular formula is C15H20FIN2. The van der Waals surface area contributed by atoms with Crippen molar-refractivity contribution >= 4 is 34.0 Å². The third-order valence-electron chi connectivity index (χ3n) is 4.62. The molecule has 3 rings (SSSR count). The highest BCUT2D eigenvalue weighted by Crippen LogP contribution is 2.40. The van der Waals surface area contributed by atoms with Crippen molar-refractivity contribution in [3.63, 3.8) is 0 Å². The van der Waals surface area contributed by atoms with Gasteiger partial charge in [-0.3, -0.25) is 0 Å². The molecule has 1 saturated carbocycles. The lowest BCUT2D eigenvalue weighted by Crippen LogP contribution is -2.47. The Morgan fingerprint density at radius 2 is 1.89 bits per heavy atom. The molecule has 2 atom stereocenters. The number of rotatable bonds is 1. The van der Waals surface area contributed by atoms with E-state index >= 15 is 0 Å². The van der Waals surface area contributed by atoms with Crippen LogP contribution in [0.3, 0.4) is 0 Å². The summed E-state index contributed by atoms with van der Waals surface area (Å²) in [4.78, 5) is 2.38. The van der Waals surface area contributed by atoms with Crippen LogP contribution in [-0.4, -0.2) is 12.6 Å². The van der Waals surface area contributed by atoms with E-state index in [0.29, 0.717) is 9.61 Å². The first-order chi connectivity index (χ1) is 9.16. The van der Waals surface area contributed by atoms with Gasteiger partial charge in [-0.05, 0) is 60.3 Å². The minimum atomic E-state index is -0.150. The number of anilines is 2. The third kappa shape index (κ3) is 2.56. The summed E-state index contributed by atoms with van der Waals surface area (Å²) in [6, 6.07) is 3.97. The highest BCUT2D eigenvalue weighted by molar-refractivity contribution is 14.1. The monoisotopic (exact) mass is 374 g/mol. The van der Waals surface area contributed by atoms with Gasteiger partial charge in [0.15, 0.2) is 0 Å². The zero-order chi connectivity index (χ0) is 13.4. The van der Waals surface area contributed by atoms with Crippen molar-refractivity contribution < 1.29 is 4.39 Å². The second kappa shape index (κ2) is 5.46. The van der Waals surface area contributed by atoms with Crippen LogP contribution in [0.15, 0.2) is 12.1 Å². The van der Waals surface area contributed by atoms with Gasteiger partial charge < -0.3 is 10.6 Å². The molecule has 2 unspecified atom stereocenters. The number of piperidine rings is 1. The summed E-state index contributed by atoms with van der Waals surface area (Å²) in [5.41, 5.74) is 7.76. The van der Waals surface area contributed by atoms with Crippen LogP contribution in [0.5, 0.6) is 0 Å². The van der Waals surface area contributed by atoms with Crippen LogP contribution in [0.1, 0.15) is 38.5 Å². The molecule has 1 aromatic carbocycles. The second-order valence-electron chi connectivity index (χ2n) is 5.77. The van der Waals surface area contributed by atoms with Crippen molar-refractivity contribution in [1.29, 1.82) is 0 Å². The van der Waals surface area contributed by atoms with Crippen molar-refractivity contribution in [3.8, 4) is 0 Å². The topological polar surface area (TPSA) is 29.3 Å². The normalized spacial score (nSPS) is 27.2. The summed E-state index contributed by atoms with van der Waals surface area (Å²) >= 11 is 2.00.